The van der Waals surface area contributed by atoms with Gasteiger partial charge in [0.2, 0.25) is 0 Å². The summed E-state index contributed by atoms with van der Waals surface area (Å²) in [4.78, 5) is 0. The number of hydrogen-bond donors (Lipinski definition) is 3. The molecule has 0 saturated carbocycles. The molecule has 0 spiro atoms. The number of ether oxygens (including phenoxy) is 1. The Morgan fingerprint density at radius 2 is 1.58 bits per heavy atom. The van der Waals surface area contributed by atoms with Crippen LogP contribution in [0.25, 0.3) is 0 Å². The van der Waals surface area contributed by atoms with Gasteiger partial charge in [-0.2, -0.15) is 0 Å². The smallest absolute Gasteiger partial charge is 0.119 e. The molecule has 0 fully saturated rings. The molecule has 0 aromatic heterocycles. The standard InChI is InChI=1S/C19H25ClN2O2/c1-15(23)12-21-10-11-22-13-16-4-8-19(9-5-16)24-14-17-2-6-18(20)7-3-17/h2-9,15,21-23H,10-14H2,1H3/t15-/m0/s1. The highest BCUT2D eigenvalue weighted by Gasteiger charge is 1.98. The van der Waals surface area contributed by atoms with Crippen LogP contribution in [0.2, 0.25) is 5.02 Å². The van der Waals surface area contributed by atoms with Crippen molar-refractivity contribution in [3.8, 4) is 5.75 Å². The fourth-order valence-electron chi connectivity index (χ4n) is 2.17. The predicted molar refractivity (Wildman–Crippen MR) is 98.5 cm³/mol. The molecule has 0 bridgehead atoms. The van der Waals surface area contributed by atoms with Crippen molar-refractivity contribution < 1.29 is 9.84 Å². The maximum Gasteiger partial charge on any atom is 0.119 e. The lowest BCUT2D eigenvalue weighted by Crippen LogP contribution is -2.31. The topological polar surface area (TPSA) is 53.5 Å². The number of hydrogen-bond acceptors (Lipinski definition) is 4. The Kier molecular flexibility index (Phi) is 8.05. The third-order valence-corrected chi connectivity index (χ3v) is 3.74. The average molecular weight is 349 g/mol. The molecule has 1 atom stereocenters. The van der Waals surface area contributed by atoms with Gasteiger partial charge in [-0.15, -0.1) is 0 Å². The molecule has 2 rings (SSSR count). The van der Waals surface area contributed by atoms with Gasteiger partial charge in [0.15, 0.2) is 0 Å². The van der Waals surface area contributed by atoms with Crippen molar-refractivity contribution in [2.24, 2.45) is 0 Å². The van der Waals surface area contributed by atoms with Crippen molar-refractivity contribution >= 4 is 11.6 Å². The molecule has 5 heteroatoms. The van der Waals surface area contributed by atoms with Crippen molar-refractivity contribution in [3.05, 3.63) is 64.7 Å². The molecular formula is C19H25ClN2O2. The van der Waals surface area contributed by atoms with Gasteiger partial charge < -0.3 is 20.5 Å². The number of aliphatic hydroxyl groups excluding tert-OH is 1. The molecule has 0 unspecified atom stereocenters. The molecule has 2 aromatic rings. The first-order valence-corrected chi connectivity index (χ1v) is 8.57. The second-order valence-electron chi connectivity index (χ2n) is 5.79. The molecule has 24 heavy (non-hydrogen) atoms. The Morgan fingerprint density at radius 3 is 2.25 bits per heavy atom. The highest BCUT2D eigenvalue weighted by molar-refractivity contribution is 6.30. The van der Waals surface area contributed by atoms with E-state index in [1.165, 1.54) is 5.56 Å². The van der Waals surface area contributed by atoms with Crippen molar-refractivity contribution in [1.82, 2.24) is 10.6 Å². The largest absolute Gasteiger partial charge is 0.489 e. The normalized spacial score (nSPS) is 12.1. The van der Waals surface area contributed by atoms with Crippen LogP contribution >= 0.6 is 11.6 Å². The van der Waals surface area contributed by atoms with Crippen LogP contribution < -0.4 is 15.4 Å². The summed E-state index contributed by atoms with van der Waals surface area (Å²) in [6.45, 7) is 5.45. The van der Waals surface area contributed by atoms with Gasteiger partial charge in [0.1, 0.15) is 12.4 Å². The minimum atomic E-state index is -0.301. The summed E-state index contributed by atoms with van der Waals surface area (Å²) in [6.07, 6.45) is -0.301. The van der Waals surface area contributed by atoms with Crippen molar-refractivity contribution in [2.75, 3.05) is 19.6 Å². The van der Waals surface area contributed by atoms with Gasteiger partial charge in [-0.25, -0.2) is 0 Å². The molecule has 0 heterocycles. The number of halogens is 1. The Bertz CT molecular complexity index is 585. The zero-order chi connectivity index (χ0) is 17.2. The van der Waals surface area contributed by atoms with Crippen LogP contribution in [0.15, 0.2) is 48.5 Å². The van der Waals surface area contributed by atoms with Crippen LogP contribution in [0, 0.1) is 0 Å². The molecule has 130 valence electrons. The van der Waals surface area contributed by atoms with Crippen LogP contribution in [0.1, 0.15) is 18.1 Å². The fraction of sp³-hybridized carbons (Fsp3) is 0.368. The zero-order valence-electron chi connectivity index (χ0n) is 14.0. The lowest BCUT2D eigenvalue weighted by molar-refractivity contribution is 0.191. The maximum absolute atomic E-state index is 9.14. The minimum Gasteiger partial charge on any atom is -0.489 e. The number of benzene rings is 2. The predicted octanol–water partition coefficient (Wildman–Crippen LogP) is 2.98. The van der Waals surface area contributed by atoms with E-state index >= 15 is 0 Å². The summed E-state index contributed by atoms with van der Waals surface area (Å²) in [5.74, 6) is 0.854. The summed E-state index contributed by atoms with van der Waals surface area (Å²) < 4.78 is 5.77. The molecule has 2 aromatic carbocycles. The van der Waals surface area contributed by atoms with E-state index in [9.17, 15) is 0 Å². The SMILES string of the molecule is C[C@H](O)CNCCNCc1ccc(OCc2ccc(Cl)cc2)cc1. The van der Waals surface area contributed by atoms with Gasteiger partial charge in [-0.1, -0.05) is 35.9 Å². The second kappa shape index (κ2) is 10.3. The molecule has 0 aliphatic carbocycles. The Labute approximate surface area is 148 Å². The molecule has 0 aliphatic heterocycles. The molecule has 3 N–H and O–H groups in total. The summed E-state index contributed by atoms with van der Waals surface area (Å²) >= 11 is 5.87. The zero-order valence-corrected chi connectivity index (χ0v) is 14.7. The van der Waals surface area contributed by atoms with Gasteiger partial charge in [-0.3, -0.25) is 0 Å². The average Bonchev–Trinajstić information content (AvgIpc) is 2.58. The van der Waals surface area contributed by atoms with Crippen LogP contribution in [0.4, 0.5) is 0 Å². The van der Waals surface area contributed by atoms with E-state index in [1.807, 2.05) is 36.4 Å². The summed E-state index contributed by atoms with van der Waals surface area (Å²) in [5.41, 5.74) is 2.30. The van der Waals surface area contributed by atoms with Crippen molar-refractivity contribution in [2.45, 2.75) is 26.2 Å². The van der Waals surface area contributed by atoms with E-state index in [2.05, 4.69) is 22.8 Å². The molecule has 0 saturated heterocycles. The number of aliphatic hydroxyl groups is 1. The van der Waals surface area contributed by atoms with E-state index in [1.54, 1.807) is 6.92 Å². The van der Waals surface area contributed by atoms with Crippen molar-refractivity contribution in [1.29, 1.82) is 0 Å². The van der Waals surface area contributed by atoms with Gasteiger partial charge >= 0.3 is 0 Å². The lowest BCUT2D eigenvalue weighted by atomic mass is 10.2. The van der Waals surface area contributed by atoms with Gasteiger partial charge in [0.25, 0.3) is 0 Å². The van der Waals surface area contributed by atoms with Crippen LogP contribution in [-0.2, 0) is 13.2 Å². The van der Waals surface area contributed by atoms with Crippen LogP contribution in [0.3, 0.4) is 0 Å². The van der Waals surface area contributed by atoms with E-state index in [-0.39, 0.29) is 6.10 Å². The maximum atomic E-state index is 9.14. The van der Waals surface area contributed by atoms with Crippen LogP contribution in [-0.4, -0.2) is 30.8 Å². The Morgan fingerprint density at radius 1 is 0.958 bits per heavy atom. The summed E-state index contributed by atoms with van der Waals surface area (Å²) in [6, 6.07) is 15.8. The Hall–Kier alpha value is -1.59. The first kappa shape index (κ1) is 18.7. The fourth-order valence-corrected chi connectivity index (χ4v) is 2.30. The van der Waals surface area contributed by atoms with E-state index in [4.69, 9.17) is 21.4 Å². The molecule has 0 aliphatic rings. The highest BCUT2D eigenvalue weighted by Crippen LogP contribution is 2.15. The van der Waals surface area contributed by atoms with Crippen LogP contribution in [0.5, 0.6) is 5.75 Å². The monoisotopic (exact) mass is 348 g/mol. The number of nitrogens with one attached hydrogen (secondary N) is 2. The Balaban J connectivity index is 1.66. The molecular weight excluding hydrogens is 324 g/mol. The summed E-state index contributed by atoms with van der Waals surface area (Å²) in [7, 11) is 0. The first-order chi connectivity index (χ1) is 11.6. The highest BCUT2D eigenvalue weighted by atomic mass is 35.5. The minimum absolute atomic E-state index is 0.301. The first-order valence-electron chi connectivity index (χ1n) is 8.19. The second-order valence-corrected chi connectivity index (χ2v) is 6.23. The lowest BCUT2D eigenvalue weighted by Gasteiger charge is -2.09. The third kappa shape index (κ3) is 7.32. The summed E-state index contributed by atoms with van der Waals surface area (Å²) in [5, 5.41) is 16.4. The van der Waals surface area contributed by atoms with E-state index in [0.717, 1.165) is 36.0 Å². The molecule has 4 nitrogen and oxygen atoms in total. The van der Waals surface area contributed by atoms with Gasteiger partial charge in [0, 0.05) is 31.2 Å². The van der Waals surface area contributed by atoms with E-state index in [0.29, 0.717) is 13.2 Å². The molecule has 0 amide bonds. The molecule has 0 radical (unpaired) electrons. The van der Waals surface area contributed by atoms with Gasteiger partial charge in [-0.05, 0) is 42.3 Å². The van der Waals surface area contributed by atoms with Crippen molar-refractivity contribution in [3.63, 3.8) is 0 Å². The van der Waals surface area contributed by atoms with E-state index < -0.39 is 0 Å². The third-order valence-electron chi connectivity index (χ3n) is 3.49. The quantitative estimate of drug-likeness (QED) is 0.578. The number of rotatable bonds is 10. The van der Waals surface area contributed by atoms with Gasteiger partial charge in [0.05, 0.1) is 6.10 Å².